The minimum atomic E-state index is -1.01. The van der Waals surface area contributed by atoms with E-state index in [1.165, 1.54) is 29.0 Å². The van der Waals surface area contributed by atoms with Gasteiger partial charge in [0.25, 0.3) is 11.8 Å². The predicted octanol–water partition coefficient (Wildman–Crippen LogP) is 4.84. The van der Waals surface area contributed by atoms with Gasteiger partial charge >= 0.3 is 5.97 Å². The molecule has 0 unspecified atom stereocenters. The second-order valence-corrected chi connectivity index (χ2v) is 10.8. The number of hydrogen-bond donors (Lipinski definition) is 4. The summed E-state index contributed by atoms with van der Waals surface area (Å²) in [4.78, 5) is 36.4. The molecule has 0 spiro atoms. The van der Waals surface area contributed by atoms with Crippen LogP contribution in [0.25, 0.3) is 10.4 Å². The predicted molar refractivity (Wildman–Crippen MR) is 139 cm³/mol. The number of amides is 2. The zero-order chi connectivity index (χ0) is 25.8. The first-order valence-corrected chi connectivity index (χ1v) is 12.5. The number of aromatic hydroxyl groups is 1. The van der Waals surface area contributed by atoms with Crippen LogP contribution in [0.1, 0.15) is 64.6 Å². The number of benzene rings is 1. The van der Waals surface area contributed by atoms with E-state index < -0.39 is 17.8 Å². The lowest BCUT2D eigenvalue weighted by Crippen LogP contribution is -2.25. The molecule has 0 saturated carbocycles. The van der Waals surface area contributed by atoms with Crippen molar-refractivity contribution < 1.29 is 24.6 Å². The molecule has 8 nitrogen and oxygen atoms in total. The highest BCUT2D eigenvalue weighted by atomic mass is 32.1. The number of nitrogens with zero attached hydrogens (tertiary/aromatic N) is 1. The van der Waals surface area contributed by atoms with Gasteiger partial charge in [-0.15, -0.1) is 22.7 Å². The van der Waals surface area contributed by atoms with Crippen molar-refractivity contribution in [1.82, 2.24) is 10.7 Å². The third-order valence-corrected chi connectivity index (χ3v) is 7.27. The minimum Gasteiger partial charge on any atom is -0.506 e. The SMILES string of the molecule is CC(=NNC(=O)c1ccc(C(=O)NCCC(=O)O)s1)c1csc(-c2ccc(C(C)(C)C)cc2)c1O. The van der Waals surface area contributed by atoms with Gasteiger partial charge in [0.05, 0.1) is 32.3 Å². The fourth-order valence-electron chi connectivity index (χ4n) is 3.14. The number of rotatable bonds is 8. The Morgan fingerprint density at radius 2 is 1.63 bits per heavy atom. The molecule has 3 aromatic rings. The maximum absolute atomic E-state index is 12.5. The Morgan fingerprint density at radius 3 is 2.23 bits per heavy atom. The van der Waals surface area contributed by atoms with Crippen molar-refractivity contribution in [2.24, 2.45) is 5.10 Å². The Kier molecular flexibility index (Phi) is 8.08. The van der Waals surface area contributed by atoms with E-state index in [4.69, 9.17) is 5.11 Å². The van der Waals surface area contributed by atoms with Crippen LogP contribution in [0.2, 0.25) is 0 Å². The molecular formula is C25H27N3O5S2. The molecule has 2 amide bonds. The van der Waals surface area contributed by atoms with Crippen molar-refractivity contribution in [3.8, 4) is 16.2 Å². The van der Waals surface area contributed by atoms with E-state index in [1.54, 1.807) is 12.3 Å². The van der Waals surface area contributed by atoms with Crippen LogP contribution in [0.15, 0.2) is 46.9 Å². The normalized spacial score (nSPS) is 11.8. The summed E-state index contributed by atoms with van der Waals surface area (Å²) >= 11 is 2.37. The molecule has 2 heterocycles. The van der Waals surface area contributed by atoms with E-state index >= 15 is 0 Å². The first-order chi connectivity index (χ1) is 16.5. The van der Waals surface area contributed by atoms with E-state index in [1.807, 2.05) is 12.1 Å². The number of aliphatic carboxylic acids is 1. The molecule has 35 heavy (non-hydrogen) atoms. The molecule has 0 aliphatic carbocycles. The quantitative estimate of drug-likeness (QED) is 0.253. The third kappa shape index (κ3) is 6.55. The molecule has 0 saturated heterocycles. The Bertz CT molecular complexity index is 1270. The summed E-state index contributed by atoms with van der Waals surface area (Å²) < 4.78 is 0. The first kappa shape index (κ1) is 26.1. The molecule has 0 radical (unpaired) electrons. The largest absolute Gasteiger partial charge is 0.506 e. The number of hydrogen-bond acceptors (Lipinski definition) is 7. The topological polar surface area (TPSA) is 128 Å². The number of thiophene rings is 2. The van der Waals surface area contributed by atoms with Crippen molar-refractivity contribution in [3.63, 3.8) is 0 Å². The molecule has 2 aromatic heterocycles. The second kappa shape index (κ2) is 10.8. The van der Waals surface area contributed by atoms with Gasteiger partial charge in [0.1, 0.15) is 5.75 Å². The monoisotopic (exact) mass is 513 g/mol. The zero-order valence-electron chi connectivity index (χ0n) is 19.8. The molecule has 1 aromatic carbocycles. The molecule has 0 aliphatic heterocycles. The lowest BCUT2D eigenvalue weighted by molar-refractivity contribution is -0.136. The van der Waals surface area contributed by atoms with Gasteiger partial charge in [-0.05, 0) is 35.6 Å². The fraction of sp³-hybridized carbons (Fsp3) is 0.280. The minimum absolute atomic E-state index is 0.00391. The lowest BCUT2D eigenvalue weighted by atomic mass is 9.86. The van der Waals surface area contributed by atoms with Gasteiger partial charge in [-0.2, -0.15) is 5.10 Å². The van der Waals surface area contributed by atoms with Crippen LogP contribution in [-0.2, 0) is 10.2 Å². The Hall–Kier alpha value is -3.50. The van der Waals surface area contributed by atoms with Gasteiger partial charge in [-0.1, -0.05) is 45.0 Å². The fourth-order valence-corrected chi connectivity index (χ4v) is 4.96. The van der Waals surface area contributed by atoms with Gasteiger partial charge in [0.15, 0.2) is 0 Å². The summed E-state index contributed by atoms with van der Waals surface area (Å²) in [6, 6.07) is 11.1. The molecule has 0 bridgehead atoms. The molecule has 3 rings (SSSR count). The van der Waals surface area contributed by atoms with Crippen molar-refractivity contribution in [3.05, 3.63) is 62.7 Å². The average Bonchev–Trinajstić information content (AvgIpc) is 3.44. The highest BCUT2D eigenvalue weighted by Gasteiger charge is 2.18. The van der Waals surface area contributed by atoms with Crippen LogP contribution in [0.4, 0.5) is 0 Å². The average molecular weight is 514 g/mol. The van der Waals surface area contributed by atoms with Crippen LogP contribution in [-0.4, -0.2) is 40.3 Å². The van der Waals surface area contributed by atoms with Crippen LogP contribution >= 0.6 is 22.7 Å². The highest BCUT2D eigenvalue weighted by Crippen LogP contribution is 2.39. The summed E-state index contributed by atoms with van der Waals surface area (Å²) in [5, 5.41) is 27.8. The lowest BCUT2D eigenvalue weighted by Gasteiger charge is -2.19. The molecule has 10 heteroatoms. The van der Waals surface area contributed by atoms with Crippen molar-refractivity contribution >= 4 is 46.2 Å². The molecule has 0 aliphatic rings. The number of carboxylic acids is 1. The van der Waals surface area contributed by atoms with Crippen molar-refractivity contribution in [1.29, 1.82) is 0 Å². The van der Waals surface area contributed by atoms with Gasteiger partial charge in [0, 0.05) is 11.9 Å². The molecule has 0 fully saturated rings. The highest BCUT2D eigenvalue weighted by molar-refractivity contribution is 7.16. The van der Waals surface area contributed by atoms with Crippen LogP contribution in [0, 0.1) is 0 Å². The summed E-state index contributed by atoms with van der Waals surface area (Å²) in [7, 11) is 0. The van der Waals surface area contributed by atoms with Crippen molar-refractivity contribution in [2.45, 2.75) is 39.5 Å². The number of carbonyl (C=O) groups excluding carboxylic acids is 2. The first-order valence-electron chi connectivity index (χ1n) is 10.8. The maximum atomic E-state index is 12.5. The number of nitrogens with one attached hydrogen (secondary N) is 2. The Morgan fingerprint density at radius 1 is 1.00 bits per heavy atom. The van der Waals surface area contributed by atoms with Gasteiger partial charge < -0.3 is 15.5 Å². The van der Waals surface area contributed by atoms with E-state index in [-0.39, 0.29) is 29.0 Å². The molecule has 184 valence electrons. The maximum Gasteiger partial charge on any atom is 0.305 e. The van der Waals surface area contributed by atoms with Crippen molar-refractivity contribution in [2.75, 3.05) is 6.54 Å². The summed E-state index contributed by atoms with van der Waals surface area (Å²) in [5.41, 5.74) is 5.55. The number of carboxylic acid groups (broad SMARTS) is 1. The Balaban J connectivity index is 1.66. The van der Waals surface area contributed by atoms with Gasteiger partial charge in [0.2, 0.25) is 0 Å². The van der Waals surface area contributed by atoms with Gasteiger partial charge in [-0.25, -0.2) is 5.43 Å². The zero-order valence-corrected chi connectivity index (χ0v) is 21.5. The summed E-state index contributed by atoms with van der Waals surface area (Å²) in [5.74, 6) is -1.84. The molecular weight excluding hydrogens is 486 g/mol. The Labute approximate surface area is 211 Å². The van der Waals surface area contributed by atoms with E-state index in [0.717, 1.165) is 21.8 Å². The molecule has 0 atom stereocenters. The van der Waals surface area contributed by atoms with Gasteiger partial charge in [-0.3, -0.25) is 14.4 Å². The number of carbonyl (C=O) groups is 3. The van der Waals surface area contributed by atoms with Crippen LogP contribution in [0.5, 0.6) is 5.75 Å². The summed E-state index contributed by atoms with van der Waals surface area (Å²) in [6.07, 6.45) is -0.183. The summed E-state index contributed by atoms with van der Waals surface area (Å²) in [6.45, 7) is 8.12. The van der Waals surface area contributed by atoms with E-state index in [2.05, 4.69) is 48.7 Å². The van der Waals surface area contributed by atoms with E-state index in [0.29, 0.717) is 16.2 Å². The standard InChI is InChI=1S/C25H27N3O5S2/c1-14(17-13-34-22(21(17)31)15-5-7-16(8-6-15)25(2,3)4)27-28-24(33)19-10-9-18(35-19)23(32)26-12-11-20(29)30/h5-10,13,31H,11-12H2,1-4H3,(H,26,32)(H,28,33)(H,29,30). The smallest absolute Gasteiger partial charge is 0.305 e. The molecule has 4 N–H and O–H groups in total. The van der Waals surface area contributed by atoms with Crippen LogP contribution in [0.3, 0.4) is 0 Å². The van der Waals surface area contributed by atoms with Crippen LogP contribution < -0.4 is 10.7 Å². The number of hydrazone groups is 1. The van der Waals surface area contributed by atoms with E-state index in [9.17, 15) is 19.5 Å². The second-order valence-electron chi connectivity index (χ2n) is 8.86. The third-order valence-electron chi connectivity index (χ3n) is 5.17.